The molecule has 1 N–H and O–H groups in total. The SMILES string of the molecule is O=C1c2ccccc2C(=O)N1CCc1cnc(-c2cc3ccccc3c3ccccc23)[nH]1. The van der Waals surface area contributed by atoms with E-state index in [0.717, 1.165) is 27.9 Å². The molecule has 6 rings (SSSR count). The fourth-order valence-corrected chi connectivity index (χ4v) is 4.55. The van der Waals surface area contributed by atoms with Gasteiger partial charge in [-0.05, 0) is 39.7 Å². The van der Waals surface area contributed by atoms with Gasteiger partial charge in [-0.3, -0.25) is 14.5 Å². The van der Waals surface area contributed by atoms with Crippen LogP contribution in [0.4, 0.5) is 0 Å². The van der Waals surface area contributed by atoms with Crippen molar-refractivity contribution in [1.82, 2.24) is 14.9 Å². The van der Waals surface area contributed by atoms with Crippen LogP contribution in [-0.4, -0.2) is 33.2 Å². The number of amides is 2. The van der Waals surface area contributed by atoms with E-state index in [-0.39, 0.29) is 11.8 Å². The van der Waals surface area contributed by atoms with Crippen LogP contribution >= 0.6 is 0 Å². The minimum Gasteiger partial charge on any atom is -0.342 e. The molecule has 0 bridgehead atoms. The topological polar surface area (TPSA) is 66.1 Å². The zero-order chi connectivity index (χ0) is 21.7. The second-order valence-corrected chi connectivity index (χ2v) is 8.01. The van der Waals surface area contributed by atoms with Gasteiger partial charge in [0.1, 0.15) is 5.82 Å². The molecule has 0 atom stereocenters. The van der Waals surface area contributed by atoms with Gasteiger partial charge in [0.2, 0.25) is 0 Å². The molecule has 4 aromatic carbocycles. The van der Waals surface area contributed by atoms with Crippen LogP contribution in [0.25, 0.3) is 32.9 Å². The van der Waals surface area contributed by atoms with E-state index in [1.807, 2.05) is 18.2 Å². The van der Waals surface area contributed by atoms with Gasteiger partial charge in [-0.2, -0.15) is 0 Å². The van der Waals surface area contributed by atoms with Crippen molar-refractivity contribution in [3.63, 3.8) is 0 Å². The number of benzene rings is 4. The van der Waals surface area contributed by atoms with Crippen LogP contribution in [0.3, 0.4) is 0 Å². The van der Waals surface area contributed by atoms with E-state index in [1.165, 1.54) is 15.7 Å². The lowest BCUT2D eigenvalue weighted by molar-refractivity contribution is 0.0656. The molecule has 1 aliphatic heterocycles. The highest BCUT2D eigenvalue weighted by atomic mass is 16.2. The Bertz CT molecular complexity index is 1500. The third-order valence-corrected chi connectivity index (χ3v) is 6.13. The first-order valence-corrected chi connectivity index (χ1v) is 10.6. The van der Waals surface area contributed by atoms with Crippen molar-refractivity contribution < 1.29 is 9.59 Å². The standard InChI is InChI=1S/C27H19N3O2/c31-26-22-11-5-6-12-23(22)27(32)30(26)14-13-18-16-28-25(29-18)24-15-17-7-1-2-8-19(17)20-9-3-4-10-21(20)24/h1-12,15-16H,13-14H2,(H,28,29). The minimum atomic E-state index is -0.231. The van der Waals surface area contributed by atoms with Crippen molar-refractivity contribution in [3.05, 3.63) is 102 Å². The third kappa shape index (κ3) is 2.82. The molecule has 0 spiro atoms. The average Bonchev–Trinajstić information content (AvgIpc) is 3.40. The molecule has 1 aliphatic rings. The third-order valence-electron chi connectivity index (χ3n) is 6.13. The molecule has 32 heavy (non-hydrogen) atoms. The van der Waals surface area contributed by atoms with Gasteiger partial charge in [-0.15, -0.1) is 0 Å². The number of carbonyl (C=O) groups is 2. The summed E-state index contributed by atoms with van der Waals surface area (Å²) in [6.07, 6.45) is 2.31. The summed E-state index contributed by atoms with van der Waals surface area (Å²) in [6, 6.07) is 25.8. The summed E-state index contributed by atoms with van der Waals surface area (Å²) in [5.74, 6) is 0.320. The van der Waals surface area contributed by atoms with Crippen LogP contribution in [0.15, 0.2) is 85.1 Å². The van der Waals surface area contributed by atoms with Crippen molar-refractivity contribution in [2.45, 2.75) is 6.42 Å². The number of aromatic amines is 1. The lowest BCUT2D eigenvalue weighted by Crippen LogP contribution is -2.31. The fraction of sp³-hybridized carbons (Fsp3) is 0.0741. The zero-order valence-corrected chi connectivity index (χ0v) is 17.2. The van der Waals surface area contributed by atoms with Gasteiger partial charge in [-0.25, -0.2) is 4.98 Å². The number of nitrogens with one attached hydrogen (secondary N) is 1. The second-order valence-electron chi connectivity index (χ2n) is 8.01. The first-order valence-electron chi connectivity index (χ1n) is 10.6. The molecular weight excluding hydrogens is 398 g/mol. The van der Waals surface area contributed by atoms with E-state index in [1.54, 1.807) is 30.5 Å². The van der Waals surface area contributed by atoms with Crippen LogP contribution in [0.2, 0.25) is 0 Å². The Kier molecular flexibility index (Phi) is 4.15. The summed E-state index contributed by atoms with van der Waals surface area (Å²) >= 11 is 0. The summed E-state index contributed by atoms with van der Waals surface area (Å²) < 4.78 is 0. The Morgan fingerprint density at radius 3 is 2.09 bits per heavy atom. The summed E-state index contributed by atoms with van der Waals surface area (Å²) in [7, 11) is 0. The molecule has 2 amide bonds. The van der Waals surface area contributed by atoms with Gasteiger partial charge in [0.05, 0.1) is 11.1 Å². The number of hydrogen-bond acceptors (Lipinski definition) is 3. The Morgan fingerprint density at radius 2 is 1.34 bits per heavy atom. The Balaban J connectivity index is 1.31. The van der Waals surface area contributed by atoms with Gasteiger partial charge in [0.15, 0.2) is 0 Å². The monoisotopic (exact) mass is 417 g/mol. The maximum absolute atomic E-state index is 12.6. The molecule has 0 radical (unpaired) electrons. The van der Waals surface area contributed by atoms with Gasteiger partial charge >= 0.3 is 0 Å². The molecule has 0 aliphatic carbocycles. The number of aromatic nitrogens is 2. The lowest BCUT2D eigenvalue weighted by atomic mass is 9.97. The number of carbonyl (C=O) groups excluding carboxylic acids is 2. The van der Waals surface area contributed by atoms with Crippen molar-refractivity contribution >= 4 is 33.4 Å². The van der Waals surface area contributed by atoms with Crippen molar-refractivity contribution in [3.8, 4) is 11.4 Å². The molecular formula is C27H19N3O2. The number of imidazole rings is 1. The normalized spacial score (nSPS) is 13.3. The van der Waals surface area contributed by atoms with E-state index >= 15 is 0 Å². The van der Waals surface area contributed by atoms with E-state index in [2.05, 4.69) is 46.4 Å². The number of nitrogens with zero attached hydrogens (tertiary/aromatic N) is 2. The number of fused-ring (bicyclic) bond motifs is 4. The smallest absolute Gasteiger partial charge is 0.261 e. The molecule has 2 heterocycles. The molecule has 5 nitrogen and oxygen atoms in total. The molecule has 5 aromatic rings. The zero-order valence-electron chi connectivity index (χ0n) is 17.2. The van der Waals surface area contributed by atoms with Crippen LogP contribution < -0.4 is 0 Å². The number of imide groups is 1. The van der Waals surface area contributed by atoms with Crippen molar-refractivity contribution in [2.75, 3.05) is 6.54 Å². The van der Waals surface area contributed by atoms with Crippen LogP contribution in [-0.2, 0) is 6.42 Å². The maximum atomic E-state index is 12.6. The van der Waals surface area contributed by atoms with E-state index < -0.39 is 0 Å². The highest BCUT2D eigenvalue weighted by molar-refractivity contribution is 6.21. The molecule has 0 unspecified atom stereocenters. The summed E-state index contributed by atoms with van der Waals surface area (Å²) in [5, 5.41) is 4.69. The van der Waals surface area contributed by atoms with Gasteiger partial charge in [-0.1, -0.05) is 60.7 Å². The van der Waals surface area contributed by atoms with Crippen molar-refractivity contribution in [2.24, 2.45) is 0 Å². The number of H-pyrrole nitrogens is 1. The van der Waals surface area contributed by atoms with Crippen LogP contribution in [0.5, 0.6) is 0 Å². The maximum Gasteiger partial charge on any atom is 0.261 e. The van der Waals surface area contributed by atoms with Crippen LogP contribution in [0.1, 0.15) is 26.4 Å². The molecule has 1 aromatic heterocycles. The van der Waals surface area contributed by atoms with Gasteiger partial charge in [0, 0.05) is 30.4 Å². The fourth-order valence-electron chi connectivity index (χ4n) is 4.55. The average molecular weight is 417 g/mol. The molecule has 0 fully saturated rings. The van der Waals surface area contributed by atoms with Gasteiger partial charge in [0.25, 0.3) is 11.8 Å². The number of hydrogen-bond donors (Lipinski definition) is 1. The summed E-state index contributed by atoms with van der Waals surface area (Å²) in [4.78, 5) is 34.5. The number of rotatable bonds is 4. The highest BCUT2D eigenvalue weighted by Crippen LogP contribution is 2.33. The minimum absolute atomic E-state index is 0.231. The van der Waals surface area contributed by atoms with Crippen LogP contribution in [0, 0.1) is 0 Å². The predicted octanol–water partition coefficient (Wildman–Crippen LogP) is 5.22. The first-order chi connectivity index (χ1) is 15.7. The largest absolute Gasteiger partial charge is 0.342 e. The Hall–Kier alpha value is -4.25. The quantitative estimate of drug-likeness (QED) is 0.322. The van der Waals surface area contributed by atoms with Crippen molar-refractivity contribution in [1.29, 1.82) is 0 Å². The highest BCUT2D eigenvalue weighted by Gasteiger charge is 2.34. The Labute approximate surface area is 184 Å². The molecule has 154 valence electrons. The van der Waals surface area contributed by atoms with Gasteiger partial charge < -0.3 is 4.98 Å². The van der Waals surface area contributed by atoms with E-state index in [0.29, 0.717) is 24.1 Å². The van der Waals surface area contributed by atoms with E-state index in [4.69, 9.17) is 0 Å². The second kappa shape index (κ2) is 7.17. The molecule has 0 saturated carbocycles. The summed E-state index contributed by atoms with van der Waals surface area (Å²) in [6.45, 7) is 0.312. The Morgan fingerprint density at radius 1 is 0.719 bits per heavy atom. The predicted molar refractivity (Wildman–Crippen MR) is 125 cm³/mol. The van der Waals surface area contributed by atoms with E-state index in [9.17, 15) is 9.59 Å². The first kappa shape index (κ1) is 18.5. The molecule has 0 saturated heterocycles. The summed E-state index contributed by atoms with van der Waals surface area (Å²) in [5.41, 5.74) is 2.87. The lowest BCUT2D eigenvalue weighted by Gasteiger charge is -2.12. The molecule has 5 heteroatoms.